The first kappa shape index (κ1) is 24.2. The minimum absolute atomic E-state index is 0.0319. The highest BCUT2D eigenvalue weighted by molar-refractivity contribution is 5.97. The molecule has 33 heavy (non-hydrogen) atoms. The quantitative estimate of drug-likeness (QED) is 0.610. The Morgan fingerprint density at radius 3 is 2.42 bits per heavy atom. The van der Waals surface area contributed by atoms with Gasteiger partial charge in [0.05, 0.1) is 12.7 Å². The number of nitrogens with one attached hydrogen (secondary N) is 2. The summed E-state index contributed by atoms with van der Waals surface area (Å²) in [6, 6.07) is 4.16. The van der Waals surface area contributed by atoms with Crippen LogP contribution in [0.5, 0.6) is 17.2 Å². The number of benzene rings is 2. The van der Waals surface area contributed by atoms with Crippen LogP contribution in [0.4, 0.5) is 26.3 Å². The largest absolute Gasteiger partial charge is 0.494 e. The van der Waals surface area contributed by atoms with Crippen molar-refractivity contribution in [1.82, 2.24) is 10.6 Å². The topological polar surface area (TPSA) is 76.7 Å². The number of alkyl halides is 5. The van der Waals surface area contributed by atoms with Crippen LogP contribution in [-0.2, 0) is 10.7 Å². The van der Waals surface area contributed by atoms with Crippen LogP contribution in [-0.4, -0.2) is 37.7 Å². The average molecular weight is 476 g/mol. The lowest BCUT2D eigenvalue weighted by atomic mass is 10.0. The zero-order valence-corrected chi connectivity index (χ0v) is 17.1. The lowest BCUT2D eigenvalue weighted by molar-refractivity contribution is -0.289. The van der Waals surface area contributed by atoms with E-state index in [9.17, 15) is 35.9 Å². The third kappa shape index (κ3) is 5.32. The summed E-state index contributed by atoms with van der Waals surface area (Å²) in [7, 11) is 1.20. The van der Waals surface area contributed by atoms with Crippen molar-refractivity contribution in [1.29, 1.82) is 0 Å². The van der Waals surface area contributed by atoms with Gasteiger partial charge in [0.25, 0.3) is 5.91 Å². The molecule has 2 aromatic carbocycles. The Morgan fingerprint density at radius 2 is 1.82 bits per heavy atom. The van der Waals surface area contributed by atoms with Gasteiger partial charge in [0.2, 0.25) is 5.91 Å². The van der Waals surface area contributed by atoms with Crippen molar-refractivity contribution in [3.8, 4) is 17.2 Å². The van der Waals surface area contributed by atoms with Gasteiger partial charge >= 0.3 is 12.1 Å². The van der Waals surface area contributed by atoms with E-state index in [1.54, 1.807) is 0 Å². The number of halogens is 6. The Labute approximate surface area is 183 Å². The fraction of sp³-hybridized carbons (Fsp3) is 0.333. The highest BCUT2D eigenvalue weighted by Crippen LogP contribution is 2.45. The highest BCUT2D eigenvalue weighted by atomic mass is 19.4. The Bertz CT molecular complexity index is 1060. The number of carbonyl (C=O) groups excluding carboxylic acids is 2. The Hall–Kier alpha value is -3.44. The van der Waals surface area contributed by atoms with Crippen molar-refractivity contribution < 1.29 is 45.4 Å². The van der Waals surface area contributed by atoms with Gasteiger partial charge in [-0.2, -0.15) is 22.0 Å². The van der Waals surface area contributed by atoms with Gasteiger partial charge in [0.1, 0.15) is 11.5 Å². The van der Waals surface area contributed by atoms with Gasteiger partial charge in [0, 0.05) is 30.6 Å². The van der Waals surface area contributed by atoms with Crippen molar-refractivity contribution in [2.75, 3.05) is 13.7 Å². The third-order valence-electron chi connectivity index (χ3n) is 4.88. The van der Waals surface area contributed by atoms with E-state index in [1.807, 2.05) is 0 Å². The maximum Gasteiger partial charge on any atom is 0.458 e. The summed E-state index contributed by atoms with van der Waals surface area (Å²) < 4.78 is 90.4. The molecule has 0 bridgehead atoms. The summed E-state index contributed by atoms with van der Waals surface area (Å²) >= 11 is 0. The SMILES string of the molecule is COc1ccc(Oc2cc(C(F)(F)C(F)(F)F)ccc2C(=O)NC2CCNC(=O)C2)cc1F. The van der Waals surface area contributed by atoms with Gasteiger partial charge < -0.3 is 20.1 Å². The minimum Gasteiger partial charge on any atom is -0.494 e. The second kappa shape index (κ2) is 9.20. The monoisotopic (exact) mass is 476 g/mol. The molecule has 0 aliphatic carbocycles. The van der Waals surface area contributed by atoms with E-state index in [-0.39, 0.29) is 29.4 Å². The van der Waals surface area contributed by atoms with Crippen LogP contribution >= 0.6 is 0 Å². The van der Waals surface area contributed by atoms with Crippen LogP contribution in [0.2, 0.25) is 0 Å². The van der Waals surface area contributed by atoms with Crippen molar-refractivity contribution in [2.45, 2.75) is 31.0 Å². The molecule has 3 rings (SSSR count). The first-order valence-corrected chi connectivity index (χ1v) is 9.60. The molecule has 0 radical (unpaired) electrons. The molecule has 1 heterocycles. The number of carbonyl (C=O) groups is 2. The lowest BCUT2D eigenvalue weighted by Gasteiger charge is -2.24. The van der Waals surface area contributed by atoms with E-state index in [0.29, 0.717) is 25.1 Å². The summed E-state index contributed by atoms with van der Waals surface area (Å²) in [6.45, 7) is 0.301. The number of methoxy groups -OCH3 is 1. The van der Waals surface area contributed by atoms with Crippen LogP contribution in [0.25, 0.3) is 0 Å². The van der Waals surface area contributed by atoms with Crippen molar-refractivity contribution >= 4 is 11.8 Å². The first-order chi connectivity index (χ1) is 15.4. The molecular formula is C21H18F6N2O4. The molecule has 1 atom stereocenters. The van der Waals surface area contributed by atoms with E-state index in [1.165, 1.54) is 13.2 Å². The molecule has 2 amide bonds. The molecule has 0 spiro atoms. The predicted molar refractivity (Wildman–Crippen MR) is 103 cm³/mol. The van der Waals surface area contributed by atoms with E-state index in [2.05, 4.69) is 10.6 Å². The summed E-state index contributed by atoms with van der Waals surface area (Å²) in [6.07, 6.45) is -5.53. The second-order valence-electron chi connectivity index (χ2n) is 7.19. The summed E-state index contributed by atoms with van der Waals surface area (Å²) in [5, 5.41) is 5.10. The molecule has 6 nitrogen and oxygen atoms in total. The number of hydrogen-bond donors (Lipinski definition) is 2. The number of amides is 2. The van der Waals surface area contributed by atoms with Crippen LogP contribution in [0.15, 0.2) is 36.4 Å². The van der Waals surface area contributed by atoms with Crippen LogP contribution in [0, 0.1) is 5.82 Å². The smallest absolute Gasteiger partial charge is 0.458 e. The van der Waals surface area contributed by atoms with Gasteiger partial charge in [-0.05, 0) is 30.7 Å². The van der Waals surface area contributed by atoms with E-state index in [4.69, 9.17) is 9.47 Å². The molecule has 1 fully saturated rings. The molecule has 12 heteroatoms. The third-order valence-corrected chi connectivity index (χ3v) is 4.88. The van der Waals surface area contributed by atoms with E-state index < -0.39 is 41.2 Å². The summed E-state index contributed by atoms with van der Waals surface area (Å²) in [4.78, 5) is 24.2. The second-order valence-corrected chi connectivity index (χ2v) is 7.19. The number of rotatable bonds is 6. The maximum atomic E-state index is 14.0. The number of hydrogen-bond acceptors (Lipinski definition) is 4. The molecule has 1 saturated heterocycles. The van der Waals surface area contributed by atoms with Crippen molar-refractivity contribution in [3.05, 3.63) is 53.3 Å². The van der Waals surface area contributed by atoms with Gasteiger partial charge in [-0.25, -0.2) is 4.39 Å². The fourth-order valence-corrected chi connectivity index (χ4v) is 3.16. The Morgan fingerprint density at radius 1 is 1.09 bits per heavy atom. The average Bonchev–Trinajstić information content (AvgIpc) is 2.73. The predicted octanol–water partition coefficient (Wildman–Crippen LogP) is 4.29. The fourth-order valence-electron chi connectivity index (χ4n) is 3.16. The minimum atomic E-state index is -5.89. The van der Waals surface area contributed by atoms with Gasteiger partial charge in [-0.1, -0.05) is 6.07 Å². The lowest BCUT2D eigenvalue weighted by Crippen LogP contribution is -2.45. The molecule has 2 aromatic rings. The van der Waals surface area contributed by atoms with Crippen LogP contribution < -0.4 is 20.1 Å². The van der Waals surface area contributed by atoms with E-state index >= 15 is 0 Å². The Balaban J connectivity index is 1.98. The van der Waals surface area contributed by atoms with Crippen molar-refractivity contribution in [2.24, 2.45) is 0 Å². The van der Waals surface area contributed by atoms with Gasteiger partial charge in [-0.15, -0.1) is 0 Å². The number of piperidine rings is 1. The van der Waals surface area contributed by atoms with Crippen LogP contribution in [0.1, 0.15) is 28.8 Å². The van der Waals surface area contributed by atoms with Gasteiger partial charge in [0.15, 0.2) is 11.6 Å². The number of ether oxygens (including phenoxy) is 2. The van der Waals surface area contributed by atoms with E-state index in [0.717, 1.165) is 18.2 Å². The van der Waals surface area contributed by atoms with Crippen LogP contribution in [0.3, 0.4) is 0 Å². The zero-order chi connectivity index (χ0) is 24.4. The maximum absolute atomic E-state index is 14.0. The Kier molecular flexibility index (Phi) is 6.75. The molecule has 1 aliphatic rings. The highest BCUT2D eigenvalue weighted by Gasteiger charge is 2.58. The molecule has 1 aliphatic heterocycles. The molecule has 0 aromatic heterocycles. The standard InChI is InChI=1S/C21H18F6N2O4/c1-32-16-5-3-13(10-15(16)22)33-17-8-11(20(23,24)21(25,26)27)2-4-14(17)19(31)29-12-6-7-28-18(30)9-12/h2-5,8,10,12H,6-7,9H2,1H3,(H,28,30)(H,29,31). The molecular weight excluding hydrogens is 458 g/mol. The summed E-state index contributed by atoms with van der Waals surface area (Å²) in [5.41, 5.74) is -1.84. The van der Waals surface area contributed by atoms with Gasteiger partial charge in [-0.3, -0.25) is 9.59 Å². The molecule has 0 saturated carbocycles. The summed E-state index contributed by atoms with van der Waals surface area (Å²) in [5.74, 6) is -8.37. The molecule has 1 unspecified atom stereocenters. The normalized spacial score (nSPS) is 16.7. The molecule has 178 valence electrons. The molecule has 2 N–H and O–H groups in total. The van der Waals surface area contributed by atoms with Crippen molar-refractivity contribution in [3.63, 3.8) is 0 Å². The zero-order valence-electron chi connectivity index (χ0n) is 17.1. The first-order valence-electron chi connectivity index (χ1n) is 9.60.